The lowest BCUT2D eigenvalue weighted by Crippen LogP contribution is -2.16. The van der Waals surface area contributed by atoms with Crippen LogP contribution >= 0.6 is 0 Å². The summed E-state index contributed by atoms with van der Waals surface area (Å²) in [5.74, 6) is 0.456. The summed E-state index contributed by atoms with van der Waals surface area (Å²) in [6.45, 7) is 1.95. The average molecular weight is 346 g/mol. The minimum Gasteiger partial charge on any atom is -0.383 e. The van der Waals surface area contributed by atoms with Gasteiger partial charge in [0, 0.05) is 11.3 Å². The molecule has 0 aliphatic rings. The predicted octanol–water partition coefficient (Wildman–Crippen LogP) is 2.14. The van der Waals surface area contributed by atoms with Crippen LogP contribution < -0.4 is 10.5 Å². The topological polar surface area (TPSA) is 127 Å². The smallest absolute Gasteiger partial charge is 0.232 e. The fourth-order valence-electron chi connectivity index (χ4n) is 2.36. The number of nitrogens with one attached hydrogen (secondary N) is 2. The van der Waals surface area contributed by atoms with Gasteiger partial charge in [-0.15, -0.1) is 0 Å². The predicted molar refractivity (Wildman–Crippen MR) is 93.8 cm³/mol. The van der Waals surface area contributed by atoms with Crippen molar-refractivity contribution in [2.45, 2.75) is 19.8 Å². The van der Waals surface area contributed by atoms with Gasteiger partial charge in [0.1, 0.15) is 12.1 Å². The molecule has 8 nitrogen and oxygen atoms in total. The molecule has 3 aromatic rings. The number of unbranched alkanes of at least 4 members (excludes halogenated alkanes) is 1. The van der Waals surface area contributed by atoms with E-state index in [0.717, 1.165) is 12.0 Å². The van der Waals surface area contributed by atoms with Crippen LogP contribution in [0.25, 0.3) is 22.3 Å². The number of aromatic amines is 1. The Kier molecular flexibility index (Phi) is 4.34. The molecular weight excluding hydrogens is 328 g/mol. The van der Waals surface area contributed by atoms with Gasteiger partial charge in [-0.05, 0) is 18.6 Å². The van der Waals surface area contributed by atoms with Crippen molar-refractivity contribution in [2.24, 2.45) is 0 Å². The number of sulfonamides is 1. The van der Waals surface area contributed by atoms with Crippen molar-refractivity contribution in [3.05, 3.63) is 30.6 Å². The van der Waals surface area contributed by atoms with Gasteiger partial charge in [0.25, 0.3) is 0 Å². The molecule has 2 heterocycles. The summed E-state index contributed by atoms with van der Waals surface area (Å²) in [5.41, 5.74) is 8.41. The van der Waals surface area contributed by atoms with Crippen molar-refractivity contribution < 1.29 is 8.42 Å². The van der Waals surface area contributed by atoms with Gasteiger partial charge < -0.3 is 5.73 Å². The Morgan fingerprint density at radius 3 is 2.67 bits per heavy atom. The number of fused-ring (bicyclic) bond motifs is 1. The van der Waals surface area contributed by atoms with Crippen molar-refractivity contribution in [1.82, 2.24) is 20.2 Å². The first-order chi connectivity index (χ1) is 11.5. The summed E-state index contributed by atoms with van der Waals surface area (Å²) in [4.78, 5) is 8.03. The highest BCUT2D eigenvalue weighted by molar-refractivity contribution is 7.92. The molecule has 3 rings (SSSR count). The van der Waals surface area contributed by atoms with Crippen molar-refractivity contribution in [1.29, 1.82) is 0 Å². The Morgan fingerprint density at radius 1 is 1.21 bits per heavy atom. The number of rotatable bonds is 6. The summed E-state index contributed by atoms with van der Waals surface area (Å²) in [5, 5.41) is 7.65. The number of anilines is 2. The standard InChI is InChI=1S/C15H18N6O2S/c1-2-3-8-24(22,23)21-11-6-4-10(5-7-11)13-12-14(16)17-9-18-15(12)20-19-13/h4-7,9,21H,2-3,8H2,1H3,(H3,16,17,18,19,20). The van der Waals surface area contributed by atoms with Crippen LogP contribution in [-0.4, -0.2) is 34.3 Å². The first kappa shape index (κ1) is 16.2. The summed E-state index contributed by atoms with van der Waals surface area (Å²) in [6.07, 6.45) is 2.82. The average Bonchev–Trinajstić information content (AvgIpc) is 2.99. The van der Waals surface area contributed by atoms with Gasteiger partial charge in [-0.25, -0.2) is 18.4 Å². The second kappa shape index (κ2) is 6.44. The van der Waals surface area contributed by atoms with Crippen molar-refractivity contribution >= 4 is 32.6 Å². The fraction of sp³-hybridized carbons (Fsp3) is 0.267. The molecule has 0 fully saturated rings. The van der Waals surface area contributed by atoms with Gasteiger partial charge in [-0.2, -0.15) is 5.10 Å². The third kappa shape index (κ3) is 3.30. The largest absolute Gasteiger partial charge is 0.383 e. The highest BCUT2D eigenvalue weighted by Gasteiger charge is 2.13. The zero-order valence-corrected chi connectivity index (χ0v) is 14.0. The lowest BCUT2D eigenvalue weighted by Gasteiger charge is -2.08. The minimum atomic E-state index is -3.31. The van der Waals surface area contributed by atoms with Gasteiger partial charge in [0.2, 0.25) is 10.0 Å². The molecule has 0 radical (unpaired) electrons. The Labute approximate surface area is 139 Å². The lowest BCUT2D eigenvalue weighted by molar-refractivity contribution is 0.598. The number of benzene rings is 1. The van der Waals surface area contributed by atoms with E-state index in [1.165, 1.54) is 6.33 Å². The van der Waals surface area contributed by atoms with Crippen LogP contribution in [-0.2, 0) is 10.0 Å². The number of hydrogen-bond donors (Lipinski definition) is 3. The summed E-state index contributed by atoms with van der Waals surface area (Å²) in [6, 6.07) is 6.98. The molecule has 0 aliphatic carbocycles. The van der Waals surface area contributed by atoms with E-state index in [0.29, 0.717) is 34.7 Å². The zero-order chi connectivity index (χ0) is 17.2. The number of nitrogens with two attached hydrogens (primary N) is 1. The van der Waals surface area contributed by atoms with Gasteiger partial charge >= 0.3 is 0 Å². The maximum Gasteiger partial charge on any atom is 0.232 e. The molecule has 0 unspecified atom stereocenters. The van der Waals surface area contributed by atoms with E-state index in [4.69, 9.17) is 5.73 Å². The molecule has 0 atom stereocenters. The highest BCUT2D eigenvalue weighted by atomic mass is 32.2. The molecule has 1 aromatic carbocycles. The number of nitrogen functional groups attached to an aromatic ring is 1. The van der Waals surface area contributed by atoms with Crippen LogP contribution in [0.15, 0.2) is 30.6 Å². The van der Waals surface area contributed by atoms with Crippen molar-refractivity contribution in [3.63, 3.8) is 0 Å². The monoisotopic (exact) mass is 346 g/mol. The van der Waals surface area contributed by atoms with E-state index in [2.05, 4.69) is 24.9 Å². The van der Waals surface area contributed by atoms with Gasteiger partial charge in [0.15, 0.2) is 5.65 Å². The molecule has 0 spiro atoms. The normalized spacial score (nSPS) is 11.7. The van der Waals surface area contributed by atoms with Crippen LogP contribution in [0.2, 0.25) is 0 Å². The first-order valence-electron chi connectivity index (χ1n) is 7.55. The second-order valence-electron chi connectivity index (χ2n) is 5.41. The number of nitrogens with zero attached hydrogens (tertiary/aromatic N) is 3. The van der Waals surface area contributed by atoms with Gasteiger partial charge in [0.05, 0.1) is 16.8 Å². The van der Waals surface area contributed by atoms with Gasteiger partial charge in [-0.3, -0.25) is 9.82 Å². The third-order valence-electron chi connectivity index (χ3n) is 3.59. The summed E-state index contributed by atoms with van der Waals surface area (Å²) >= 11 is 0. The Morgan fingerprint density at radius 2 is 1.96 bits per heavy atom. The van der Waals surface area contributed by atoms with Crippen LogP contribution in [0.1, 0.15) is 19.8 Å². The maximum atomic E-state index is 11.9. The molecule has 0 saturated heterocycles. The van der Waals surface area contributed by atoms with E-state index >= 15 is 0 Å². The Hall–Kier alpha value is -2.68. The number of hydrogen-bond acceptors (Lipinski definition) is 6. The minimum absolute atomic E-state index is 0.115. The molecule has 24 heavy (non-hydrogen) atoms. The van der Waals surface area contributed by atoms with Gasteiger partial charge in [-0.1, -0.05) is 25.5 Å². The van der Waals surface area contributed by atoms with Crippen LogP contribution in [0, 0.1) is 0 Å². The van der Waals surface area contributed by atoms with E-state index < -0.39 is 10.0 Å². The van der Waals surface area contributed by atoms with E-state index in [1.54, 1.807) is 24.3 Å². The molecule has 0 bridgehead atoms. The van der Waals surface area contributed by atoms with Crippen molar-refractivity contribution in [2.75, 3.05) is 16.2 Å². The SMILES string of the molecule is CCCCS(=O)(=O)Nc1ccc(-c2[nH]nc3ncnc(N)c23)cc1. The van der Waals surface area contributed by atoms with Crippen LogP contribution in [0.4, 0.5) is 11.5 Å². The van der Waals surface area contributed by atoms with E-state index in [-0.39, 0.29) is 5.75 Å². The maximum absolute atomic E-state index is 11.9. The number of aromatic nitrogens is 4. The number of H-pyrrole nitrogens is 1. The third-order valence-corrected chi connectivity index (χ3v) is 4.97. The molecule has 9 heteroatoms. The van der Waals surface area contributed by atoms with E-state index in [1.807, 2.05) is 6.92 Å². The molecule has 126 valence electrons. The second-order valence-corrected chi connectivity index (χ2v) is 7.25. The van der Waals surface area contributed by atoms with E-state index in [9.17, 15) is 8.42 Å². The molecule has 4 N–H and O–H groups in total. The molecular formula is C15H18N6O2S. The van der Waals surface area contributed by atoms with Crippen molar-refractivity contribution in [3.8, 4) is 11.3 Å². The highest BCUT2D eigenvalue weighted by Crippen LogP contribution is 2.29. The summed E-state index contributed by atoms with van der Waals surface area (Å²) < 4.78 is 26.4. The first-order valence-corrected chi connectivity index (χ1v) is 9.21. The lowest BCUT2D eigenvalue weighted by atomic mass is 10.1. The molecule has 0 saturated carbocycles. The fourth-order valence-corrected chi connectivity index (χ4v) is 3.62. The summed E-state index contributed by atoms with van der Waals surface area (Å²) in [7, 11) is -3.31. The quantitative estimate of drug-likeness (QED) is 0.627. The van der Waals surface area contributed by atoms with Crippen LogP contribution in [0.5, 0.6) is 0 Å². The Balaban J connectivity index is 1.87. The molecule has 0 aliphatic heterocycles. The molecule has 2 aromatic heterocycles. The zero-order valence-electron chi connectivity index (χ0n) is 13.2. The van der Waals surface area contributed by atoms with Crippen LogP contribution in [0.3, 0.4) is 0 Å². The molecule has 0 amide bonds. The Bertz CT molecular complexity index is 950.